The highest BCUT2D eigenvalue weighted by Crippen LogP contribution is 2.55. The zero-order valence-electron chi connectivity index (χ0n) is 16.9. The number of hydrogen-bond donors (Lipinski definition) is 1. The number of rotatable bonds is 4. The third-order valence-electron chi connectivity index (χ3n) is 4.76. The summed E-state index contributed by atoms with van der Waals surface area (Å²) in [7, 11) is 0. The average molecular weight is 567 g/mol. The molecule has 2 aromatic carbocycles. The van der Waals surface area contributed by atoms with Crippen molar-refractivity contribution in [3.05, 3.63) is 70.0 Å². The predicted octanol–water partition coefficient (Wildman–Crippen LogP) is 6.64. The van der Waals surface area contributed by atoms with Gasteiger partial charge in [0.05, 0.1) is 16.0 Å². The maximum Gasteiger partial charge on any atom is 0.446 e. The highest BCUT2D eigenvalue weighted by atomic mass is 35.5. The number of amides is 1. The lowest BCUT2D eigenvalue weighted by Crippen LogP contribution is -3.05. The van der Waals surface area contributed by atoms with Gasteiger partial charge >= 0.3 is 29.4 Å². The Balaban J connectivity index is 2.19. The molecule has 1 aromatic heterocycles. The summed E-state index contributed by atoms with van der Waals surface area (Å²) in [5.41, 5.74) is -15.4. The molecule has 1 amide bonds. The van der Waals surface area contributed by atoms with Gasteiger partial charge in [-0.2, -0.15) is 39.5 Å². The summed E-state index contributed by atoms with van der Waals surface area (Å²) >= 11 is 4.29. The number of benzene rings is 2. The van der Waals surface area contributed by atoms with Crippen LogP contribution >= 0.6 is 23.4 Å². The fourth-order valence-corrected chi connectivity index (χ4v) is 4.25. The topological polar surface area (TPSA) is 57.5 Å². The van der Waals surface area contributed by atoms with Gasteiger partial charge in [-0.3, -0.25) is 10.0 Å². The monoisotopic (exact) mass is 566 g/mol. The molecule has 0 saturated heterocycles. The summed E-state index contributed by atoms with van der Waals surface area (Å²) in [4.78, 5) is 15.0. The first-order chi connectivity index (χ1) is 16.4. The fourth-order valence-electron chi connectivity index (χ4n) is 3.15. The van der Waals surface area contributed by atoms with E-state index < -0.39 is 79.1 Å². The molecule has 1 N–H and O–H groups in total. The van der Waals surface area contributed by atoms with Crippen molar-refractivity contribution in [2.24, 2.45) is 0 Å². The molecule has 3 rings (SSSR count). The van der Waals surface area contributed by atoms with Gasteiger partial charge in [-0.15, -0.1) is 0 Å². The number of pyridine rings is 1. The maximum atomic E-state index is 14.5. The number of halogens is 11. The standard InChI is InChI=1S/C20H9ClF10N2O2S/c21-12-7-11(17(22,18(23,24)25)19(26,27)28)8-14(36-20(29,30)31)15(12)33(35)16(34)10-4-3-9-2-1-5-32-13(9)6-10/h1-8,33H. The minimum Gasteiger partial charge on any atom is -0.621 e. The Kier molecular flexibility index (Phi) is 7.27. The Labute approximate surface area is 203 Å². The number of thioether (sulfide) groups is 1. The molecule has 0 saturated carbocycles. The normalized spacial score (nSPS) is 14.2. The minimum absolute atomic E-state index is 0.194. The van der Waals surface area contributed by atoms with Crippen molar-refractivity contribution in [2.75, 3.05) is 0 Å². The molecule has 194 valence electrons. The molecule has 36 heavy (non-hydrogen) atoms. The van der Waals surface area contributed by atoms with Gasteiger partial charge in [0.25, 0.3) is 0 Å². The van der Waals surface area contributed by atoms with E-state index in [1.807, 2.05) is 0 Å². The molecular weight excluding hydrogens is 558 g/mol. The molecule has 0 fully saturated rings. The van der Waals surface area contributed by atoms with Crippen LogP contribution in [0.25, 0.3) is 10.9 Å². The van der Waals surface area contributed by atoms with Crippen molar-refractivity contribution < 1.29 is 53.8 Å². The van der Waals surface area contributed by atoms with E-state index in [-0.39, 0.29) is 11.6 Å². The third-order valence-corrected chi connectivity index (χ3v) is 5.83. The van der Waals surface area contributed by atoms with E-state index in [0.717, 1.165) is 12.1 Å². The largest absolute Gasteiger partial charge is 0.621 e. The first kappa shape index (κ1) is 28.0. The van der Waals surface area contributed by atoms with Gasteiger partial charge < -0.3 is 5.21 Å². The number of carbonyl (C=O) groups excluding carboxylic acids is 1. The first-order valence-electron chi connectivity index (χ1n) is 9.23. The van der Waals surface area contributed by atoms with Crippen LogP contribution in [0.5, 0.6) is 0 Å². The molecule has 1 atom stereocenters. The quantitative estimate of drug-likeness (QED) is 0.218. The van der Waals surface area contributed by atoms with Gasteiger partial charge in [0.2, 0.25) is 0 Å². The summed E-state index contributed by atoms with van der Waals surface area (Å²) in [6.45, 7) is 0. The Hall–Kier alpha value is -2.62. The predicted molar refractivity (Wildman–Crippen MR) is 108 cm³/mol. The number of hydrogen-bond acceptors (Lipinski definition) is 4. The molecule has 1 heterocycles. The molecule has 0 bridgehead atoms. The molecule has 16 heteroatoms. The van der Waals surface area contributed by atoms with Gasteiger partial charge in [0, 0.05) is 17.1 Å². The van der Waals surface area contributed by atoms with E-state index in [1.165, 1.54) is 12.3 Å². The Morgan fingerprint density at radius 1 is 0.917 bits per heavy atom. The smallest absolute Gasteiger partial charge is 0.446 e. The van der Waals surface area contributed by atoms with E-state index in [9.17, 15) is 53.9 Å². The SMILES string of the molecule is O=C(c1ccc2cccnc2c1)[NH+]([O-])c1c(Cl)cc(C(F)(C(F)(F)F)C(F)(F)F)cc1SC(F)(F)F. The summed E-state index contributed by atoms with van der Waals surface area (Å²) < 4.78 is 133. The van der Waals surface area contributed by atoms with Crippen LogP contribution in [0.3, 0.4) is 0 Å². The number of nitrogens with one attached hydrogen (secondary N) is 1. The molecule has 0 aliphatic heterocycles. The van der Waals surface area contributed by atoms with Crippen molar-refractivity contribution in [3.63, 3.8) is 0 Å². The van der Waals surface area contributed by atoms with E-state index in [1.54, 1.807) is 12.1 Å². The molecule has 0 aliphatic rings. The van der Waals surface area contributed by atoms with Crippen LogP contribution in [-0.4, -0.2) is 28.8 Å². The van der Waals surface area contributed by atoms with Crippen LogP contribution in [0.4, 0.5) is 49.6 Å². The van der Waals surface area contributed by atoms with Crippen LogP contribution in [0, 0.1) is 5.21 Å². The Morgan fingerprint density at radius 2 is 1.53 bits per heavy atom. The highest BCUT2D eigenvalue weighted by Gasteiger charge is 2.73. The van der Waals surface area contributed by atoms with E-state index >= 15 is 0 Å². The van der Waals surface area contributed by atoms with Crippen molar-refractivity contribution in [1.29, 1.82) is 0 Å². The van der Waals surface area contributed by atoms with Crippen molar-refractivity contribution in [3.8, 4) is 0 Å². The van der Waals surface area contributed by atoms with Gasteiger partial charge in [-0.1, -0.05) is 23.7 Å². The van der Waals surface area contributed by atoms with Crippen molar-refractivity contribution in [1.82, 2.24) is 4.98 Å². The molecular formula is C20H9ClF10N2O2S. The van der Waals surface area contributed by atoms with Crippen LogP contribution < -0.4 is 5.06 Å². The zero-order valence-corrected chi connectivity index (χ0v) is 18.5. The molecule has 4 nitrogen and oxygen atoms in total. The zero-order chi connectivity index (χ0) is 27.3. The molecule has 0 aliphatic carbocycles. The number of hydroxylamine groups is 1. The lowest BCUT2D eigenvalue weighted by Gasteiger charge is -2.31. The fraction of sp³-hybridized carbons (Fsp3) is 0.200. The number of quaternary nitrogens is 1. The molecule has 0 radical (unpaired) electrons. The van der Waals surface area contributed by atoms with Crippen molar-refractivity contribution >= 4 is 45.9 Å². The minimum atomic E-state index is -6.66. The third kappa shape index (κ3) is 5.23. The van der Waals surface area contributed by atoms with E-state index in [0.29, 0.717) is 5.39 Å². The second-order valence-corrected chi connectivity index (χ2v) is 8.62. The second-order valence-electron chi connectivity index (χ2n) is 7.10. The summed E-state index contributed by atoms with van der Waals surface area (Å²) in [5, 5.41) is 10.1. The highest BCUT2D eigenvalue weighted by molar-refractivity contribution is 8.00. The number of carbonyl (C=O) groups is 1. The second kappa shape index (κ2) is 9.36. The summed E-state index contributed by atoms with van der Waals surface area (Å²) in [6.07, 6.45) is -12.0. The van der Waals surface area contributed by atoms with Crippen LogP contribution in [0.1, 0.15) is 15.9 Å². The summed E-state index contributed by atoms with van der Waals surface area (Å²) in [6, 6.07) is 5.92. The van der Waals surface area contributed by atoms with Gasteiger partial charge in [0.15, 0.2) is 5.69 Å². The van der Waals surface area contributed by atoms with Gasteiger partial charge in [-0.25, -0.2) is 9.18 Å². The van der Waals surface area contributed by atoms with Gasteiger partial charge in [-0.05, 0) is 42.1 Å². The van der Waals surface area contributed by atoms with Crippen molar-refractivity contribution in [2.45, 2.75) is 28.4 Å². The Bertz CT molecular complexity index is 1300. The van der Waals surface area contributed by atoms with Gasteiger partial charge in [0.1, 0.15) is 5.02 Å². The number of nitrogens with zero attached hydrogens (tertiary/aromatic N) is 1. The Morgan fingerprint density at radius 3 is 2.08 bits per heavy atom. The molecule has 1 unspecified atom stereocenters. The van der Waals surface area contributed by atoms with Crippen LogP contribution in [0.15, 0.2) is 53.6 Å². The average Bonchev–Trinajstić information content (AvgIpc) is 2.74. The lowest BCUT2D eigenvalue weighted by molar-refractivity contribution is -0.681. The number of alkyl halides is 10. The molecule has 0 spiro atoms. The number of aromatic nitrogens is 1. The number of fused-ring (bicyclic) bond motifs is 1. The van der Waals surface area contributed by atoms with E-state index in [4.69, 9.17) is 11.6 Å². The lowest BCUT2D eigenvalue weighted by atomic mass is 9.94. The molecule has 3 aromatic rings. The first-order valence-corrected chi connectivity index (χ1v) is 10.4. The van der Waals surface area contributed by atoms with E-state index in [2.05, 4.69) is 4.98 Å². The van der Waals surface area contributed by atoms with Crippen LogP contribution in [-0.2, 0) is 5.67 Å². The summed E-state index contributed by atoms with van der Waals surface area (Å²) in [5.74, 6) is -1.49. The maximum absolute atomic E-state index is 14.5. The van der Waals surface area contributed by atoms with Crippen LogP contribution in [0.2, 0.25) is 5.02 Å².